The molecule has 0 aliphatic carbocycles. The Labute approximate surface area is 148 Å². The fourth-order valence-electron chi connectivity index (χ4n) is 2.01. The van der Waals surface area contributed by atoms with Crippen molar-refractivity contribution in [1.29, 1.82) is 5.26 Å². The summed E-state index contributed by atoms with van der Waals surface area (Å²) in [4.78, 5) is 12.0. The first-order chi connectivity index (χ1) is 11.6. The third-order valence-corrected chi connectivity index (χ3v) is 3.99. The van der Waals surface area contributed by atoms with Crippen LogP contribution in [0, 0.1) is 11.3 Å². The summed E-state index contributed by atoms with van der Waals surface area (Å²) in [5.74, 6) is -0.488. The van der Waals surface area contributed by atoms with E-state index in [-0.39, 0.29) is 11.3 Å². The van der Waals surface area contributed by atoms with Crippen molar-refractivity contribution < 1.29 is 9.90 Å². The quantitative estimate of drug-likeness (QED) is 0.404. The van der Waals surface area contributed by atoms with Crippen LogP contribution in [0.15, 0.2) is 64.8 Å². The van der Waals surface area contributed by atoms with E-state index in [0.29, 0.717) is 12.2 Å². The van der Waals surface area contributed by atoms with E-state index in [9.17, 15) is 9.90 Å². The fourth-order valence-corrected chi connectivity index (χ4v) is 2.50. The molecule has 0 spiro atoms. The monoisotopic (exact) mass is 385 g/mol. The van der Waals surface area contributed by atoms with Gasteiger partial charge in [-0.2, -0.15) is 5.26 Å². The predicted molar refractivity (Wildman–Crippen MR) is 96.3 cm³/mol. The molecule has 5 nitrogen and oxygen atoms in total. The predicted octanol–water partition coefficient (Wildman–Crippen LogP) is 3.33. The number of nitrogens with zero attached hydrogens (tertiary/aromatic N) is 1. The van der Waals surface area contributed by atoms with Gasteiger partial charge in [-0.25, -0.2) is 0 Å². The summed E-state index contributed by atoms with van der Waals surface area (Å²) in [5.41, 5.74) is 1.53. The summed E-state index contributed by atoms with van der Waals surface area (Å²) >= 11 is 3.48. The third kappa shape index (κ3) is 5.14. The highest BCUT2D eigenvalue weighted by atomic mass is 79.9. The molecule has 0 aromatic heterocycles. The van der Waals surface area contributed by atoms with E-state index in [4.69, 9.17) is 5.26 Å². The first kappa shape index (κ1) is 17.6. The number of rotatable bonds is 6. The van der Waals surface area contributed by atoms with Crippen LogP contribution < -0.4 is 10.6 Å². The Morgan fingerprint density at radius 1 is 1.25 bits per heavy atom. The average molecular weight is 386 g/mol. The number of amides is 1. The zero-order valence-corrected chi connectivity index (χ0v) is 14.4. The number of anilines is 1. The van der Waals surface area contributed by atoms with E-state index in [1.165, 1.54) is 18.3 Å². The van der Waals surface area contributed by atoms with Gasteiger partial charge in [-0.15, -0.1) is 0 Å². The molecule has 3 N–H and O–H groups in total. The van der Waals surface area contributed by atoms with Crippen LogP contribution in [0.3, 0.4) is 0 Å². The Hall–Kier alpha value is -2.78. The SMILES string of the molecule is N#C/C(=C/NCCc1ccccc1Br)C(=O)Nc1cccc(O)c1. The second-order valence-electron chi connectivity index (χ2n) is 4.97. The number of nitrogens with one attached hydrogen (secondary N) is 2. The Kier molecular flexibility index (Phi) is 6.41. The Balaban J connectivity index is 1.90. The molecule has 0 heterocycles. The number of carbonyl (C=O) groups excluding carboxylic acids is 1. The summed E-state index contributed by atoms with van der Waals surface area (Å²) in [6.45, 7) is 0.590. The molecule has 6 heteroatoms. The molecule has 122 valence electrons. The van der Waals surface area contributed by atoms with E-state index in [0.717, 1.165) is 16.5 Å². The number of halogens is 1. The number of hydrogen-bond donors (Lipinski definition) is 3. The molecule has 0 saturated carbocycles. The van der Waals surface area contributed by atoms with Crippen molar-refractivity contribution in [2.24, 2.45) is 0 Å². The minimum atomic E-state index is -0.531. The first-order valence-electron chi connectivity index (χ1n) is 7.27. The second-order valence-corrected chi connectivity index (χ2v) is 5.82. The standard InChI is InChI=1S/C18H16BrN3O2/c19-17-7-2-1-4-13(17)8-9-21-12-14(11-20)18(24)22-15-5-3-6-16(23)10-15/h1-7,10,12,21,23H,8-9H2,(H,22,24)/b14-12-. The van der Waals surface area contributed by atoms with Crippen molar-refractivity contribution in [2.45, 2.75) is 6.42 Å². The molecular weight excluding hydrogens is 370 g/mol. The highest BCUT2D eigenvalue weighted by molar-refractivity contribution is 9.10. The normalized spacial score (nSPS) is 10.8. The van der Waals surface area contributed by atoms with Crippen molar-refractivity contribution in [1.82, 2.24) is 5.32 Å². The third-order valence-electron chi connectivity index (χ3n) is 3.21. The summed E-state index contributed by atoms with van der Waals surface area (Å²) in [5, 5.41) is 24.0. The molecular formula is C18H16BrN3O2. The number of aromatic hydroxyl groups is 1. The second kappa shape index (κ2) is 8.75. The summed E-state index contributed by atoms with van der Waals surface area (Å²) in [6.07, 6.45) is 2.15. The Bertz CT molecular complexity index is 797. The zero-order valence-electron chi connectivity index (χ0n) is 12.8. The lowest BCUT2D eigenvalue weighted by molar-refractivity contribution is -0.112. The van der Waals surface area contributed by atoms with Crippen molar-refractivity contribution >= 4 is 27.5 Å². The van der Waals surface area contributed by atoms with Gasteiger partial charge in [0.25, 0.3) is 5.91 Å². The molecule has 2 rings (SSSR count). The largest absolute Gasteiger partial charge is 0.508 e. The minimum Gasteiger partial charge on any atom is -0.508 e. The lowest BCUT2D eigenvalue weighted by Gasteiger charge is -2.06. The first-order valence-corrected chi connectivity index (χ1v) is 8.07. The molecule has 24 heavy (non-hydrogen) atoms. The van der Waals surface area contributed by atoms with Gasteiger partial charge in [0, 0.05) is 29.0 Å². The van der Waals surface area contributed by atoms with Crippen molar-refractivity contribution in [3.63, 3.8) is 0 Å². The molecule has 2 aromatic rings. The van der Waals surface area contributed by atoms with E-state index in [1.807, 2.05) is 30.3 Å². The molecule has 0 fully saturated rings. The van der Waals surface area contributed by atoms with Crippen LogP contribution in [-0.2, 0) is 11.2 Å². The molecule has 0 atom stereocenters. The number of benzene rings is 2. The molecule has 0 aliphatic heterocycles. The van der Waals surface area contributed by atoms with Gasteiger partial charge in [0.05, 0.1) is 0 Å². The number of carbonyl (C=O) groups is 1. The molecule has 2 aromatic carbocycles. The van der Waals surface area contributed by atoms with Gasteiger partial charge in [0.15, 0.2) is 0 Å². The van der Waals surface area contributed by atoms with Gasteiger partial charge >= 0.3 is 0 Å². The number of nitriles is 1. The molecule has 0 saturated heterocycles. The number of phenolic OH excluding ortho intramolecular Hbond substituents is 1. The molecule has 0 radical (unpaired) electrons. The smallest absolute Gasteiger partial charge is 0.267 e. The van der Waals surface area contributed by atoms with Gasteiger partial charge in [-0.1, -0.05) is 40.2 Å². The van der Waals surface area contributed by atoms with Gasteiger partial charge in [0.2, 0.25) is 0 Å². The highest BCUT2D eigenvalue weighted by Gasteiger charge is 2.09. The number of hydrogen-bond acceptors (Lipinski definition) is 4. The minimum absolute atomic E-state index is 0.0366. The Morgan fingerprint density at radius 3 is 2.75 bits per heavy atom. The van der Waals surface area contributed by atoms with E-state index in [1.54, 1.807) is 12.1 Å². The van der Waals surface area contributed by atoms with Crippen LogP contribution >= 0.6 is 15.9 Å². The summed E-state index contributed by atoms with van der Waals surface area (Å²) < 4.78 is 1.03. The van der Waals surface area contributed by atoms with Crippen molar-refractivity contribution in [3.05, 3.63) is 70.3 Å². The molecule has 1 amide bonds. The van der Waals surface area contributed by atoms with Crippen LogP contribution in [0.2, 0.25) is 0 Å². The maximum absolute atomic E-state index is 12.0. The summed E-state index contributed by atoms with van der Waals surface area (Å²) in [7, 11) is 0. The van der Waals surface area contributed by atoms with Crippen LogP contribution in [0.5, 0.6) is 5.75 Å². The van der Waals surface area contributed by atoms with Crippen LogP contribution in [0.1, 0.15) is 5.56 Å². The van der Waals surface area contributed by atoms with Crippen LogP contribution in [0.4, 0.5) is 5.69 Å². The van der Waals surface area contributed by atoms with Gasteiger partial charge in [0.1, 0.15) is 17.4 Å². The fraction of sp³-hybridized carbons (Fsp3) is 0.111. The highest BCUT2D eigenvalue weighted by Crippen LogP contribution is 2.16. The Morgan fingerprint density at radius 2 is 2.04 bits per heavy atom. The average Bonchev–Trinajstić information content (AvgIpc) is 2.56. The van der Waals surface area contributed by atoms with E-state index < -0.39 is 5.91 Å². The van der Waals surface area contributed by atoms with Crippen LogP contribution in [0.25, 0.3) is 0 Å². The molecule has 0 unspecified atom stereocenters. The van der Waals surface area contributed by atoms with E-state index >= 15 is 0 Å². The zero-order chi connectivity index (χ0) is 17.4. The summed E-state index contributed by atoms with van der Waals surface area (Å²) in [6, 6.07) is 15.9. The van der Waals surface area contributed by atoms with Gasteiger partial charge < -0.3 is 15.7 Å². The molecule has 0 aliphatic rings. The van der Waals surface area contributed by atoms with Crippen molar-refractivity contribution in [3.8, 4) is 11.8 Å². The van der Waals surface area contributed by atoms with Crippen molar-refractivity contribution in [2.75, 3.05) is 11.9 Å². The molecule has 0 bridgehead atoms. The lowest BCUT2D eigenvalue weighted by Crippen LogP contribution is -2.18. The van der Waals surface area contributed by atoms with Gasteiger partial charge in [-0.3, -0.25) is 4.79 Å². The number of phenols is 1. The topological polar surface area (TPSA) is 85.2 Å². The maximum atomic E-state index is 12.0. The maximum Gasteiger partial charge on any atom is 0.267 e. The van der Waals surface area contributed by atoms with Crippen LogP contribution in [-0.4, -0.2) is 17.6 Å². The van der Waals surface area contributed by atoms with E-state index in [2.05, 4.69) is 26.6 Å². The lowest BCUT2D eigenvalue weighted by atomic mass is 10.1. The van der Waals surface area contributed by atoms with Gasteiger partial charge in [-0.05, 0) is 30.2 Å².